The second-order valence-electron chi connectivity index (χ2n) is 5.61. The van der Waals surface area contributed by atoms with Crippen LogP contribution in [-0.2, 0) is 0 Å². The molecule has 0 bridgehead atoms. The SMILES string of the molecule is CC1=CN2N=C(c3ccc(N)cc3)c3cc(Cl)ccc3C=C2N1. The Morgan fingerprint density at radius 2 is 1.91 bits per heavy atom. The highest BCUT2D eigenvalue weighted by Crippen LogP contribution is 2.29. The van der Waals surface area contributed by atoms with Gasteiger partial charge < -0.3 is 11.1 Å². The first-order valence-electron chi connectivity index (χ1n) is 7.31. The van der Waals surface area contributed by atoms with Crippen LogP contribution in [0, 0.1) is 0 Å². The smallest absolute Gasteiger partial charge is 0.132 e. The molecule has 0 saturated carbocycles. The maximum absolute atomic E-state index is 6.21. The van der Waals surface area contributed by atoms with Gasteiger partial charge in [0.1, 0.15) is 5.82 Å². The van der Waals surface area contributed by atoms with E-state index >= 15 is 0 Å². The number of nitrogens with one attached hydrogen (secondary N) is 1. The van der Waals surface area contributed by atoms with Gasteiger partial charge in [-0.3, -0.25) is 0 Å². The van der Waals surface area contributed by atoms with Crippen LogP contribution in [0.2, 0.25) is 5.02 Å². The molecule has 4 nitrogen and oxygen atoms in total. The van der Waals surface area contributed by atoms with Crippen LogP contribution in [0.15, 0.2) is 65.3 Å². The van der Waals surface area contributed by atoms with Crippen molar-refractivity contribution in [1.29, 1.82) is 0 Å². The molecular weight excluding hydrogens is 308 g/mol. The van der Waals surface area contributed by atoms with Crippen molar-refractivity contribution in [3.8, 4) is 0 Å². The molecule has 0 unspecified atom stereocenters. The molecule has 2 aliphatic heterocycles. The summed E-state index contributed by atoms with van der Waals surface area (Å²) in [5, 5.41) is 10.7. The fourth-order valence-corrected chi connectivity index (χ4v) is 2.92. The molecule has 2 heterocycles. The summed E-state index contributed by atoms with van der Waals surface area (Å²) < 4.78 is 0. The number of nitrogens with zero attached hydrogens (tertiary/aromatic N) is 2. The first kappa shape index (κ1) is 13.9. The molecule has 114 valence electrons. The van der Waals surface area contributed by atoms with Crippen LogP contribution in [0.4, 0.5) is 5.69 Å². The zero-order valence-electron chi connectivity index (χ0n) is 12.5. The largest absolute Gasteiger partial charge is 0.399 e. The van der Waals surface area contributed by atoms with Crippen molar-refractivity contribution in [3.63, 3.8) is 0 Å². The predicted molar refractivity (Wildman–Crippen MR) is 94.7 cm³/mol. The number of anilines is 1. The van der Waals surface area contributed by atoms with Crippen molar-refractivity contribution in [3.05, 3.63) is 81.9 Å². The van der Waals surface area contributed by atoms with Crippen molar-refractivity contribution >= 4 is 29.1 Å². The highest BCUT2D eigenvalue weighted by molar-refractivity contribution is 6.31. The van der Waals surface area contributed by atoms with Crippen molar-refractivity contribution in [1.82, 2.24) is 10.3 Å². The second-order valence-corrected chi connectivity index (χ2v) is 6.05. The summed E-state index contributed by atoms with van der Waals surface area (Å²) in [4.78, 5) is 0. The van der Waals surface area contributed by atoms with E-state index < -0.39 is 0 Å². The Morgan fingerprint density at radius 1 is 1.13 bits per heavy atom. The number of allylic oxidation sites excluding steroid dienone is 1. The lowest BCUT2D eigenvalue weighted by Gasteiger charge is -2.12. The van der Waals surface area contributed by atoms with Gasteiger partial charge in [0.2, 0.25) is 0 Å². The van der Waals surface area contributed by atoms with Gasteiger partial charge in [0.15, 0.2) is 0 Å². The molecule has 0 aliphatic carbocycles. The molecule has 0 radical (unpaired) electrons. The van der Waals surface area contributed by atoms with E-state index in [1.165, 1.54) is 0 Å². The Hall–Kier alpha value is -2.72. The molecule has 5 heteroatoms. The normalized spacial score (nSPS) is 15.7. The lowest BCUT2D eigenvalue weighted by atomic mass is 9.97. The third-order valence-electron chi connectivity index (χ3n) is 3.84. The molecule has 0 saturated heterocycles. The minimum absolute atomic E-state index is 0.687. The highest BCUT2D eigenvalue weighted by atomic mass is 35.5. The summed E-state index contributed by atoms with van der Waals surface area (Å²) in [5.74, 6) is 0.927. The Balaban J connectivity index is 1.94. The van der Waals surface area contributed by atoms with Crippen LogP contribution in [-0.4, -0.2) is 10.7 Å². The first-order valence-corrected chi connectivity index (χ1v) is 7.69. The Kier molecular flexibility index (Phi) is 3.13. The lowest BCUT2D eigenvalue weighted by molar-refractivity contribution is 0.507. The summed E-state index contributed by atoms with van der Waals surface area (Å²) in [6.07, 6.45) is 4.04. The molecule has 2 aromatic carbocycles. The van der Waals surface area contributed by atoms with Gasteiger partial charge in [0.25, 0.3) is 0 Å². The quantitative estimate of drug-likeness (QED) is 0.786. The zero-order valence-corrected chi connectivity index (χ0v) is 13.3. The van der Waals surface area contributed by atoms with E-state index in [2.05, 4.69) is 11.4 Å². The molecule has 0 atom stereocenters. The summed E-state index contributed by atoms with van der Waals surface area (Å²) in [5.41, 5.74) is 11.5. The summed E-state index contributed by atoms with van der Waals surface area (Å²) in [6, 6.07) is 13.6. The number of halogens is 1. The highest BCUT2D eigenvalue weighted by Gasteiger charge is 2.22. The van der Waals surface area contributed by atoms with Gasteiger partial charge in [-0.15, -0.1) is 0 Å². The number of hydrazone groups is 1. The molecule has 0 fully saturated rings. The van der Waals surface area contributed by atoms with E-state index in [1.54, 1.807) is 0 Å². The lowest BCUT2D eigenvalue weighted by Crippen LogP contribution is -2.14. The Labute approximate surface area is 139 Å². The number of rotatable bonds is 1. The molecule has 2 aromatic rings. The second kappa shape index (κ2) is 5.18. The molecular formula is C18H15ClN4. The average Bonchev–Trinajstić information content (AvgIpc) is 2.80. The van der Waals surface area contributed by atoms with Crippen LogP contribution >= 0.6 is 11.6 Å². The predicted octanol–water partition coefficient (Wildman–Crippen LogP) is 3.75. The van der Waals surface area contributed by atoms with Crippen molar-refractivity contribution in [2.75, 3.05) is 5.73 Å². The maximum atomic E-state index is 6.21. The minimum atomic E-state index is 0.687. The molecule has 0 amide bonds. The van der Waals surface area contributed by atoms with Gasteiger partial charge in [0, 0.05) is 33.7 Å². The van der Waals surface area contributed by atoms with Crippen LogP contribution in [0.25, 0.3) is 6.08 Å². The van der Waals surface area contributed by atoms with E-state index in [9.17, 15) is 0 Å². The minimum Gasteiger partial charge on any atom is -0.399 e. The number of hydrogen-bond acceptors (Lipinski definition) is 4. The van der Waals surface area contributed by atoms with Crippen LogP contribution < -0.4 is 11.1 Å². The van der Waals surface area contributed by atoms with Crippen molar-refractivity contribution in [2.45, 2.75) is 6.92 Å². The fraction of sp³-hybridized carbons (Fsp3) is 0.0556. The number of hydrogen-bond donors (Lipinski definition) is 2. The Morgan fingerprint density at radius 3 is 2.70 bits per heavy atom. The monoisotopic (exact) mass is 322 g/mol. The molecule has 0 aromatic heterocycles. The van der Waals surface area contributed by atoms with Gasteiger partial charge in [-0.05, 0) is 42.8 Å². The van der Waals surface area contributed by atoms with Gasteiger partial charge >= 0.3 is 0 Å². The van der Waals surface area contributed by atoms with Crippen molar-refractivity contribution < 1.29 is 0 Å². The van der Waals surface area contributed by atoms with Crippen LogP contribution in [0.1, 0.15) is 23.6 Å². The van der Waals surface area contributed by atoms with Gasteiger partial charge in [-0.25, -0.2) is 5.01 Å². The summed E-state index contributed by atoms with van der Waals surface area (Å²) >= 11 is 6.21. The van der Waals surface area contributed by atoms with Gasteiger partial charge in [0.05, 0.1) is 5.71 Å². The fourth-order valence-electron chi connectivity index (χ4n) is 2.75. The standard InChI is InChI=1S/C18H15ClN4/c1-11-10-23-17(21-11)8-13-2-5-14(19)9-16(13)18(22-23)12-3-6-15(20)7-4-12/h2-10,21H,20H2,1H3. The number of fused-ring (bicyclic) bond motifs is 2. The van der Waals surface area contributed by atoms with E-state index in [0.717, 1.165) is 39.6 Å². The number of benzene rings is 2. The summed E-state index contributed by atoms with van der Waals surface area (Å²) in [7, 11) is 0. The number of nitrogen functional groups attached to an aromatic ring is 1. The molecule has 4 rings (SSSR count). The van der Waals surface area contributed by atoms with E-state index in [0.29, 0.717) is 5.02 Å². The first-order chi connectivity index (χ1) is 11.1. The molecule has 23 heavy (non-hydrogen) atoms. The molecule has 3 N–H and O–H groups in total. The summed E-state index contributed by atoms with van der Waals surface area (Å²) in [6.45, 7) is 2.01. The van der Waals surface area contributed by atoms with Crippen LogP contribution in [0.5, 0.6) is 0 Å². The maximum Gasteiger partial charge on any atom is 0.132 e. The topological polar surface area (TPSA) is 53.6 Å². The number of nitrogens with two attached hydrogens (primary N) is 1. The molecule has 0 spiro atoms. The Bertz CT molecular complexity index is 878. The van der Waals surface area contributed by atoms with E-state index in [1.807, 2.05) is 60.6 Å². The zero-order chi connectivity index (χ0) is 16.0. The van der Waals surface area contributed by atoms with Crippen molar-refractivity contribution in [2.24, 2.45) is 5.10 Å². The van der Waals surface area contributed by atoms with Crippen LogP contribution in [0.3, 0.4) is 0 Å². The average molecular weight is 323 g/mol. The molecule has 2 aliphatic rings. The van der Waals surface area contributed by atoms with E-state index in [-0.39, 0.29) is 0 Å². The van der Waals surface area contributed by atoms with E-state index in [4.69, 9.17) is 22.4 Å². The third-order valence-corrected chi connectivity index (χ3v) is 4.08. The van der Waals surface area contributed by atoms with Gasteiger partial charge in [-0.1, -0.05) is 29.8 Å². The third kappa shape index (κ3) is 2.47. The van der Waals surface area contributed by atoms with Gasteiger partial charge in [-0.2, -0.15) is 5.10 Å².